The van der Waals surface area contributed by atoms with Crippen molar-refractivity contribution in [1.29, 1.82) is 0 Å². The molecule has 1 N–H and O–H groups in total. The van der Waals surface area contributed by atoms with E-state index >= 15 is 0 Å². The molecule has 17 heavy (non-hydrogen) atoms. The summed E-state index contributed by atoms with van der Waals surface area (Å²) < 4.78 is 0. The summed E-state index contributed by atoms with van der Waals surface area (Å²) in [4.78, 5) is 4.35. The summed E-state index contributed by atoms with van der Waals surface area (Å²) in [6.45, 7) is 4.00. The van der Waals surface area contributed by atoms with Gasteiger partial charge in [0, 0.05) is 12.1 Å². The maximum atomic E-state index is 10.2. The Bertz CT molecular complexity index is 508. The van der Waals surface area contributed by atoms with Crippen LogP contribution in [0.1, 0.15) is 28.6 Å². The third-order valence-electron chi connectivity index (χ3n) is 2.93. The molecule has 2 rings (SSSR count). The largest absolute Gasteiger partial charge is 0.386 e. The molecule has 0 radical (unpaired) electrons. The number of hydrogen-bond acceptors (Lipinski definition) is 2. The highest BCUT2D eigenvalue weighted by Gasteiger charge is 2.11. The Morgan fingerprint density at radius 3 is 2.53 bits per heavy atom. The molecule has 1 heterocycles. The molecule has 0 saturated carbocycles. The van der Waals surface area contributed by atoms with Crippen LogP contribution in [0.5, 0.6) is 0 Å². The first-order valence-corrected chi connectivity index (χ1v) is 5.83. The molecule has 1 aromatic heterocycles. The van der Waals surface area contributed by atoms with Crippen LogP contribution in [0.25, 0.3) is 0 Å². The number of aryl methyl sites for hydroxylation is 2. The molecule has 1 unspecified atom stereocenters. The Hall–Kier alpha value is -1.67. The fourth-order valence-electron chi connectivity index (χ4n) is 1.90. The van der Waals surface area contributed by atoms with Gasteiger partial charge in [-0.05, 0) is 37.1 Å². The smallest absolute Gasteiger partial charge is 0.1000 e. The van der Waals surface area contributed by atoms with Crippen LogP contribution in [-0.2, 0) is 6.42 Å². The molecule has 1 atom stereocenters. The minimum Gasteiger partial charge on any atom is -0.386 e. The van der Waals surface area contributed by atoms with Crippen LogP contribution in [0.4, 0.5) is 0 Å². The number of aliphatic hydroxyl groups excluding tert-OH is 1. The summed E-state index contributed by atoms with van der Waals surface area (Å²) in [7, 11) is 0. The normalized spacial score (nSPS) is 12.4. The third-order valence-corrected chi connectivity index (χ3v) is 2.93. The summed E-state index contributed by atoms with van der Waals surface area (Å²) >= 11 is 0. The van der Waals surface area contributed by atoms with Gasteiger partial charge in [-0.1, -0.05) is 30.3 Å². The van der Waals surface area contributed by atoms with Gasteiger partial charge in [0.15, 0.2) is 0 Å². The predicted octanol–water partition coefficient (Wildman–Crippen LogP) is 2.97. The maximum Gasteiger partial charge on any atom is 0.1000 e. The van der Waals surface area contributed by atoms with Gasteiger partial charge in [0.25, 0.3) is 0 Å². The quantitative estimate of drug-likeness (QED) is 0.874. The lowest BCUT2D eigenvalue weighted by atomic mass is 10.0. The summed E-state index contributed by atoms with van der Waals surface area (Å²) in [5.74, 6) is 0. The van der Waals surface area contributed by atoms with Crippen molar-refractivity contribution in [3.05, 3.63) is 65.0 Å². The summed E-state index contributed by atoms with van der Waals surface area (Å²) in [5, 5.41) is 10.2. The van der Waals surface area contributed by atoms with Gasteiger partial charge in [-0.2, -0.15) is 0 Å². The van der Waals surface area contributed by atoms with E-state index in [0.717, 1.165) is 11.4 Å². The van der Waals surface area contributed by atoms with E-state index in [1.54, 1.807) is 0 Å². The lowest BCUT2D eigenvalue weighted by Crippen LogP contribution is -2.05. The molecule has 0 aliphatic rings. The standard InChI is InChI=1S/C15H17NO/c1-11-6-3-4-8-13(11)10-15(17)14-9-5-7-12(2)16-14/h3-9,15,17H,10H2,1-2H3. The predicted molar refractivity (Wildman–Crippen MR) is 68.8 cm³/mol. The molecule has 1 aromatic carbocycles. The molecule has 2 nitrogen and oxygen atoms in total. The number of aromatic nitrogens is 1. The minimum absolute atomic E-state index is 0.531. The van der Waals surface area contributed by atoms with E-state index in [-0.39, 0.29) is 0 Å². The fraction of sp³-hybridized carbons (Fsp3) is 0.267. The SMILES string of the molecule is Cc1cccc(C(O)Cc2ccccc2C)n1. The highest BCUT2D eigenvalue weighted by Crippen LogP contribution is 2.18. The summed E-state index contributed by atoms with van der Waals surface area (Å²) in [6, 6.07) is 13.9. The molecular formula is C15H17NO. The third kappa shape index (κ3) is 2.92. The van der Waals surface area contributed by atoms with Crippen LogP contribution in [0.15, 0.2) is 42.5 Å². The van der Waals surface area contributed by atoms with E-state index in [0.29, 0.717) is 6.42 Å². The molecule has 0 saturated heterocycles. The van der Waals surface area contributed by atoms with Gasteiger partial charge in [0.1, 0.15) is 0 Å². The number of nitrogens with zero attached hydrogens (tertiary/aromatic N) is 1. The first-order chi connectivity index (χ1) is 8.16. The molecule has 0 aliphatic heterocycles. The zero-order valence-corrected chi connectivity index (χ0v) is 10.2. The van der Waals surface area contributed by atoms with Crippen molar-refractivity contribution in [1.82, 2.24) is 4.98 Å². The summed E-state index contributed by atoms with van der Waals surface area (Å²) in [5.41, 5.74) is 4.06. The van der Waals surface area contributed by atoms with Crippen molar-refractivity contribution in [2.24, 2.45) is 0 Å². The van der Waals surface area contributed by atoms with E-state index in [1.165, 1.54) is 11.1 Å². The van der Waals surface area contributed by atoms with E-state index in [2.05, 4.69) is 18.0 Å². The first-order valence-electron chi connectivity index (χ1n) is 5.83. The zero-order chi connectivity index (χ0) is 12.3. The van der Waals surface area contributed by atoms with Crippen molar-refractivity contribution in [3.8, 4) is 0 Å². The van der Waals surface area contributed by atoms with Gasteiger partial charge in [0.2, 0.25) is 0 Å². The molecule has 88 valence electrons. The Labute approximate surface area is 102 Å². The van der Waals surface area contributed by atoms with E-state index in [4.69, 9.17) is 0 Å². The molecule has 0 bridgehead atoms. The van der Waals surface area contributed by atoms with Gasteiger partial charge in [-0.15, -0.1) is 0 Å². The second-order valence-corrected chi connectivity index (χ2v) is 4.35. The van der Waals surface area contributed by atoms with Gasteiger partial charge >= 0.3 is 0 Å². The average molecular weight is 227 g/mol. The Morgan fingerprint density at radius 2 is 1.82 bits per heavy atom. The fourth-order valence-corrected chi connectivity index (χ4v) is 1.90. The topological polar surface area (TPSA) is 33.1 Å². The van der Waals surface area contributed by atoms with Gasteiger partial charge < -0.3 is 5.11 Å². The van der Waals surface area contributed by atoms with Crippen LogP contribution >= 0.6 is 0 Å². The summed E-state index contributed by atoms with van der Waals surface area (Å²) in [6.07, 6.45) is 0.0827. The van der Waals surface area contributed by atoms with E-state index < -0.39 is 6.10 Å². The highest BCUT2D eigenvalue weighted by molar-refractivity contribution is 5.27. The number of pyridine rings is 1. The Morgan fingerprint density at radius 1 is 1.06 bits per heavy atom. The first kappa shape index (κ1) is 11.8. The molecule has 0 spiro atoms. The van der Waals surface area contributed by atoms with Crippen LogP contribution in [0.3, 0.4) is 0 Å². The van der Waals surface area contributed by atoms with Crippen LogP contribution in [0, 0.1) is 13.8 Å². The monoisotopic (exact) mass is 227 g/mol. The maximum absolute atomic E-state index is 10.2. The zero-order valence-electron chi connectivity index (χ0n) is 10.2. The molecule has 0 aliphatic carbocycles. The average Bonchev–Trinajstić information content (AvgIpc) is 2.32. The second kappa shape index (κ2) is 5.11. The molecule has 2 aromatic rings. The number of rotatable bonds is 3. The molecule has 0 amide bonds. The molecule has 0 fully saturated rings. The second-order valence-electron chi connectivity index (χ2n) is 4.35. The van der Waals surface area contributed by atoms with Crippen molar-refractivity contribution >= 4 is 0 Å². The molecular weight excluding hydrogens is 210 g/mol. The highest BCUT2D eigenvalue weighted by atomic mass is 16.3. The van der Waals surface area contributed by atoms with Crippen molar-refractivity contribution in [2.75, 3.05) is 0 Å². The van der Waals surface area contributed by atoms with E-state index in [1.807, 2.05) is 43.3 Å². The van der Waals surface area contributed by atoms with Crippen molar-refractivity contribution in [2.45, 2.75) is 26.4 Å². The van der Waals surface area contributed by atoms with Gasteiger partial charge in [0.05, 0.1) is 11.8 Å². The van der Waals surface area contributed by atoms with E-state index in [9.17, 15) is 5.11 Å². The van der Waals surface area contributed by atoms with Crippen molar-refractivity contribution < 1.29 is 5.11 Å². The Kier molecular flexibility index (Phi) is 3.55. The van der Waals surface area contributed by atoms with Crippen LogP contribution in [-0.4, -0.2) is 10.1 Å². The number of hydrogen-bond donors (Lipinski definition) is 1. The lowest BCUT2D eigenvalue weighted by Gasteiger charge is -2.12. The molecule has 2 heteroatoms. The lowest BCUT2D eigenvalue weighted by molar-refractivity contribution is 0.173. The number of benzene rings is 1. The number of aliphatic hydroxyl groups is 1. The van der Waals surface area contributed by atoms with Crippen LogP contribution in [0.2, 0.25) is 0 Å². The van der Waals surface area contributed by atoms with Gasteiger partial charge in [-0.25, -0.2) is 0 Å². The Balaban J connectivity index is 2.17. The van der Waals surface area contributed by atoms with Crippen molar-refractivity contribution in [3.63, 3.8) is 0 Å². The van der Waals surface area contributed by atoms with Gasteiger partial charge in [-0.3, -0.25) is 4.98 Å². The minimum atomic E-state index is -0.531. The van der Waals surface area contributed by atoms with Crippen LogP contribution < -0.4 is 0 Å².